The maximum Gasteiger partial charge on any atom is 0.387 e. The van der Waals surface area contributed by atoms with Crippen LogP contribution in [0.4, 0.5) is 8.78 Å². The summed E-state index contributed by atoms with van der Waals surface area (Å²) in [7, 11) is 0. The standard InChI is InChI=1S/C21H24ClF2N3O3/c1-21(2,3)19(29)27-6-4-14(5-7-27)26-18(28)13-8-12-9-15(22)17(30-20(23)24)10-16(12)25-11-13/h8-11,14,20H,4-7H2,1-3H3,(H,26,28). The fourth-order valence-corrected chi connectivity index (χ4v) is 3.63. The molecule has 162 valence electrons. The number of pyridine rings is 1. The zero-order valence-corrected chi connectivity index (χ0v) is 17.8. The highest BCUT2D eigenvalue weighted by atomic mass is 35.5. The molecule has 0 atom stereocenters. The molecule has 0 radical (unpaired) electrons. The van der Waals surface area contributed by atoms with Crippen LogP contribution in [0.3, 0.4) is 0 Å². The summed E-state index contributed by atoms with van der Waals surface area (Å²) >= 11 is 5.99. The van der Waals surface area contributed by atoms with E-state index in [0.717, 1.165) is 0 Å². The van der Waals surface area contributed by atoms with Crippen LogP contribution < -0.4 is 10.1 Å². The number of likely N-dealkylation sites (tertiary alicyclic amines) is 1. The molecule has 9 heteroatoms. The Balaban J connectivity index is 1.65. The van der Waals surface area contributed by atoms with Crippen LogP contribution in [0, 0.1) is 5.41 Å². The predicted molar refractivity (Wildman–Crippen MR) is 110 cm³/mol. The molecule has 1 aromatic carbocycles. The number of nitrogens with zero attached hydrogens (tertiary/aromatic N) is 2. The lowest BCUT2D eigenvalue weighted by Crippen LogP contribution is -2.49. The summed E-state index contributed by atoms with van der Waals surface area (Å²) in [5.74, 6) is -0.340. The number of aromatic nitrogens is 1. The number of amides is 2. The van der Waals surface area contributed by atoms with E-state index in [9.17, 15) is 18.4 Å². The van der Waals surface area contributed by atoms with Gasteiger partial charge in [0.2, 0.25) is 5.91 Å². The van der Waals surface area contributed by atoms with E-state index in [1.807, 2.05) is 25.7 Å². The van der Waals surface area contributed by atoms with Crippen LogP contribution in [-0.2, 0) is 4.79 Å². The number of hydrogen-bond acceptors (Lipinski definition) is 4. The van der Waals surface area contributed by atoms with Gasteiger partial charge >= 0.3 is 6.61 Å². The van der Waals surface area contributed by atoms with Gasteiger partial charge < -0.3 is 15.0 Å². The number of carbonyl (C=O) groups excluding carboxylic acids is 2. The van der Waals surface area contributed by atoms with Gasteiger partial charge in [-0.2, -0.15) is 8.78 Å². The van der Waals surface area contributed by atoms with E-state index < -0.39 is 12.0 Å². The summed E-state index contributed by atoms with van der Waals surface area (Å²) in [4.78, 5) is 31.0. The van der Waals surface area contributed by atoms with E-state index >= 15 is 0 Å². The quantitative estimate of drug-likeness (QED) is 0.772. The molecule has 1 aliphatic rings. The van der Waals surface area contributed by atoms with E-state index in [1.54, 1.807) is 6.07 Å². The number of hydrogen-bond donors (Lipinski definition) is 1. The van der Waals surface area contributed by atoms with Crippen molar-refractivity contribution >= 4 is 34.3 Å². The lowest BCUT2D eigenvalue weighted by Gasteiger charge is -2.36. The molecule has 30 heavy (non-hydrogen) atoms. The summed E-state index contributed by atoms with van der Waals surface area (Å²) in [6.07, 6.45) is 2.74. The number of rotatable bonds is 4. The van der Waals surface area contributed by atoms with E-state index in [0.29, 0.717) is 42.4 Å². The third-order valence-corrected chi connectivity index (χ3v) is 5.27. The van der Waals surface area contributed by atoms with Gasteiger partial charge in [-0.25, -0.2) is 0 Å². The van der Waals surface area contributed by atoms with Crippen LogP contribution in [0.1, 0.15) is 44.0 Å². The second-order valence-electron chi connectivity index (χ2n) is 8.37. The van der Waals surface area contributed by atoms with Crippen molar-refractivity contribution in [2.24, 2.45) is 5.41 Å². The second kappa shape index (κ2) is 8.71. The minimum absolute atomic E-state index is 0.0121. The predicted octanol–water partition coefficient (Wildman–Crippen LogP) is 4.26. The molecule has 6 nitrogen and oxygen atoms in total. The molecular formula is C21H24ClF2N3O3. The van der Waals surface area contributed by atoms with Crippen LogP contribution in [0.5, 0.6) is 5.75 Å². The molecular weight excluding hydrogens is 416 g/mol. The van der Waals surface area contributed by atoms with Gasteiger partial charge in [0.15, 0.2) is 0 Å². The summed E-state index contributed by atoms with van der Waals surface area (Å²) in [6, 6.07) is 4.32. The first-order chi connectivity index (χ1) is 14.0. The summed E-state index contributed by atoms with van der Waals surface area (Å²) < 4.78 is 29.3. The topological polar surface area (TPSA) is 71.5 Å². The molecule has 2 amide bonds. The van der Waals surface area contributed by atoms with Crippen molar-refractivity contribution in [3.05, 3.63) is 35.0 Å². The first-order valence-corrected chi connectivity index (χ1v) is 10.1. The van der Waals surface area contributed by atoms with Gasteiger partial charge in [0.25, 0.3) is 5.91 Å². The summed E-state index contributed by atoms with van der Waals surface area (Å²) in [5.41, 5.74) is 0.309. The van der Waals surface area contributed by atoms with E-state index in [-0.39, 0.29) is 28.6 Å². The lowest BCUT2D eigenvalue weighted by molar-refractivity contribution is -0.140. The molecule has 2 heterocycles. The number of fused-ring (bicyclic) bond motifs is 1. The van der Waals surface area contributed by atoms with Gasteiger partial charge in [0.1, 0.15) is 5.75 Å². The highest BCUT2D eigenvalue weighted by Gasteiger charge is 2.30. The molecule has 3 rings (SSSR count). The number of carbonyl (C=O) groups is 2. The number of piperidine rings is 1. The van der Waals surface area contributed by atoms with Crippen molar-refractivity contribution in [3.8, 4) is 5.75 Å². The first-order valence-electron chi connectivity index (χ1n) is 9.69. The SMILES string of the molecule is CC(C)(C)C(=O)N1CCC(NC(=O)c2cnc3cc(OC(F)F)c(Cl)cc3c2)CC1. The average molecular weight is 440 g/mol. The van der Waals surface area contributed by atoms with E-state index in [1.165, 1.54) is 18.3 Å². The van der Waals surface area contributed by atoms with Crippen LogP contribution in [0.2, 0.25) is 5.02 Å². The molecule has 0 unspecified atom stereocenters. The van der Waals surface area contributed by atoms with Gasteiger partial charge in [-0.1, -0.05) is 32.4 Å². The minimum Gasteiger partial charge on any atom is -0.433 e. The van der Waals surface area contributed by atoms with Gasteiger partial charge in [-0.05, 0) is 25.0 Å². The maximum atomic E-state index is 12.6. The number of nitrogens with one attached hydrogen (secondary N) is 1. The Morgan fingerprint density at radius 2 is 1.90 bits per heavy atom. The molecule has 0 bridgehead atoms. The highest BCUT2D eigenvalue weighted by molar-refractivity contribution is 6.32. The molecule has 1 aliphatic heterocycles. The first kappa shape index (κ1) is 22.2. The Morgan fingerprint density at radius 1 is 1.23 bits per heavy atom. The third-order valence-electron chi connectivity index (χ3n) is 4.97. The van der Waals surface area contributed by atoms with Crippen LogP contribution in [0.25, 0.3) is 10.9 Å². The smallest absolute Gasteiger partial charge is 0.387 e. The lowest BCUT2D eigenvalue weighted by atomic mass is 9.93. The molecule has 1 aromatic heterocycles. The molecule has 0 spiro atoms. The zero-order chi connectivity index (χ0) is 22.1. The monoisotopic (exact) mass is 439 g/mol. The van der Waals surface area contributed by atoms with Gasteiger partial charge in [-0.3, -0.25) is 14.6 Å². The van der Waals surface area contributed by atoms with Crippen molar-refractivity contribution in [2.45, 2.75) is 46.3 Å². The van der Waals surface area contributed by atoms with E-state index in [2.05, 4.69) is 15.0 Å². The number of ether oxygens (including phenoxy) is 1. The number of alkyl halides is 2. The summed E-state index contributed by atoms with van der Waals surface area (Å²) in [5, 5.41) is 3.53. The van der Waals surface area contributed by atoms with Crippen LogP contribution >= 0.6 is 11.6 Å². The van der Waals surface area contributed by atoms with Crippen molar-refractivity contribution in [1.29, 1.82) is 0 Å². The van der Waals surface area contributed by atoms with Crippen molar-refractivity contribution in [1.82, 2.24) is 15.2 Å². The molecule has 0 saturated carbocycles. The van der Waals surface area contributed by atoms with E-state index in [4.69, 9.17) is 11.6 Å². The maximum absolute atomic E-state index is 12.6. The van der Waals surface area contributed by atoms with Crippen molar-refractivity contribution < 1.29 is 23.1 Å². The Kier molecular flexibility index (Phi) is 6.45. The fraction of sp³-hybridized carbons (Fsp3) is 0.476. The average Bonchev–Trinajstić information content (AvgIpc) is 2.67. The Bertz CT molecular complexity index is 954. The number of benzene rings is 1. The Morgan fingerprint density at radius 3 is 2.50 bits per heavy atom. The van der Waals surface area contributed by atoms with Crippen molar-refractivity contribution in [2.75, 3.05) is 13.1 Å². The molecule has 0 aliphatic carbocycles. The summed E-state index contributed by atoms with van der Waals surface area (Å²) in [6.45, 7) is 3.88. The normalized spacial score (nSPS) is 15.5. The zero-order valence-electron chi connectivity index (χ0n) is 17.0. The van der Waals surface area contributed by atoms with Crippen LogP contribution in [-0.4, -0.2) is 47.4 Å². The second-order valence-corrected chi connectivity index (χ2v) is 8.77. The minimum atomic E-state index is -2.99. The van der Waals surface area contributed by atoms with Gasteiger partial charge in [0.05, 0.1) is 16.1 Å². The largest absolute Gasteiger partial charge is 0.433 e. The number of halogens is 3. The molecule has 2 aromatic rings. The van der Waals surface area contributed by atoms with Crippen molar-refractivity contribution in [3.63, 3.8) is 0 Å². The fourth-order valence-electron chi connectivity index (χ4n) is 3.41. The Labute approximate surface area is 178 Å². The molecule has 1 fully saturated rings. The van der Waals surface area contributed by atoms with Crippen LogP contribution in [0.15, 0.2) is 24.4 Å². The highest BCUT2D eigenvalue weighted by Crippen LogP contribution is 2.31. The van der Waals surface area contributed by atoms with Gasteiger partial charge in [-0.15, -0.1) is 0 Å². The molecule has 1 N–H and O–H groups in total. The van der Waals surface area contributed by atoms with Gasteiger partial charge in [0, 0.05) is 42.2 Å². The molecule has 1 saturated heterocycles. The third kappa shape index (κ3) is 5.16. The Hall–Kier alpha value is -2.48.